The van der Waals surface area contributed by atoms with Gasteiger partial charge in [0.2, 0.25) is 0 Å². The number of hydrogen-bond acceptors (Lipinski definition) is 15. The molecule has 2 aliphatic heterocycles. The summed E-state index contributed by atoms with van der Waals surface area (Å²) < 4.78 is 29.8. The monoisotopic (exact) mass is 1090 g/mol. The van der Waals surface area contributed by atoms with Crippen LogP contribution in [0.15, 0.2) is 194 Å². The molecular weight excluding hydrogens is 1040 g/mol. The zero-order chi connectivity index (χ0) is 56.0. The van der Waals surface area contributed by atoms with E-state index in [4.69, 9.17) is 53.6 Å². The fourth-order valence-corrected chi connectivity index (χ4v) is 10.4. The summed E-state index contributed by atoms with van der Waals surface area (Å²) in [6, 6.07) is 62.7. The molecule has 83 heavy (non-hydrogen) atoms. The molecule has 0 fully saturated rings. The highest BCUT2D eigenvalue weighted by molar-refractivity contribution is 6.10. The van der Waals surface area contributed by atoms with Gasteiger partial charge < -0.3 is 54.9 Å². The van der Waals surface area contributed by atoms with E-state index in [1.54, 1.807) is 28.4 Å². The number of anilines is 8. The maximum absolute atomic E-state index is 7.49. The highest BCUT2D eigenvalue weighted by Gasteiger charge is 2.26. The van der Waals surface area contributed by atoms with Gasteiger partial charge in [0.05, 0.1) is 50.9 Å². The molecule has 8 bridgehead atoms. The van der Waals surface area contributed by atoms with E-state index >= 15 is 0 Å². The second kappa shape index (κ2) is 21.0. The van der Waals surface area contributed by atoms with Gasteiger partial charge in [0.25, 0.3) is 0 Å². The van der Waals surface area contributed by atoms with Crippen LogP contribution >= 0.6 is 0 Å². The van der Waals surface area contributed by atoms with Crippen LogP contribution < -0.4 is 45.0 Å². The van der Waals surface area contributed by atoms with E-state index in [-0.39, 0.29) is 0 Å². The summed E-state index contributed by atoms with van der Waals surface area (Å²) in [5.41, 5.74) is 11.1. The molecule has 17 nitrogen and oxygen atoms in total. The summed E-state index contributed by atoms with van der Waals surface area (Å²) in [6.45, 7) is 0. The summed E-state index contributed by atoms with van der Waals surface area (Å²) >= 11 is 0. The van der Waals surface area contributed by atoms with Crippen molar-refractivity contribution in [3.8, 4) is 80.0 Å². The van der Waals surface area contributed by atoms with Crippen LogP contribution in [0.1, 0.15) is 0 Å². The molecule has 2 aliphatic rings. The Morgan fingerprint density at radius 1 is 0.313 bits per heavy atom. The van der Waals surface area contributed by atoms with Gasteiger partial charge in [-0.3, -0.25) is 0 Å². The minimum absolute atomic E-state index is 0.426. The number of nitrogens with one attached hydrogen (secondary N) is 6. The SMILES string of the molecule is COc1ccc(Nc2cc(Oc3cccc4c5nc6nc(nc7[nH]c(nc8nc(nc([nH]5)c34)-c3ccccc3-8)c3ccccc73)-c3ccccc3-6)c(Nc3ccc(OC)cc3)c(Nc3ccc(OC)cc3)c2Nc2ccc(OC)cc2)cc1. The Labute approximate surface area is 475 Å². The molecule has 6 N–H and O–H groups in total. The normalized spacial score (nSPS) is 11.4. The Kier molecular flexibility index (Phi) is 12.6. The average molecular weight is 1090 g/mol. The molecule has 0 aliphatic carbocycles. The molecule has 0 spiro atoms. The van der Waals surface area contributed by atoms with Crippen LogP contribution in [0.3, 0.4) is 0 Å². The van der Waals surface area contributed by atoms with Gasteiger partial charge in [-0.25, -0.2) is 29.9 Å². The number of aromatic amines is 2. The zero-order valence-corrected chi connectivity index (χ0v) is 45.2. The molecule has 14 rings (SSSR count). The standard InChI is InChI=1S/C66H50N12O5/c1-79-41-28-20-37(21-29-41)67-52-36-54(57(69-39-24-32-43(81-3)33-25-39)58(70-40-26-34-44(82-4)35-27-40)56(52)68-38-22-30-42(80-2)31-23-38)83-53-19-11-18-51-55(53)66-77-64-50-17-10-9-16-49(50)62(75-64)73-60-46-13-6-5-12-45(46)59(71-60)72-61-47-14-7-8-15-48(47)63(74-61)76-65(51)78-66/h5-36,67-70H,1-4H3,(H2,71,72,73,74,75,76,77,78). The van der Waals surface area contributed by atoms with Crippen molar-refractivity contribution < 1.29 is 23.7 Å². The average Bonchev–Trinajstić information content (AvgIpc) is 4.49. The van der Waals surface area contributed by atoms with E-state index in [9.17, 15) is 0 Å². The maximum atomic E-state index is 7.49. The van der Waals surface area contributed by atoms with Crippen LogP contribution in [0.4, 0.5) is 45.5 Å². The summed E-state index contributed by atoms with van der Waals surface area (Å²) in [6.07, 6.45) is 0. The lowest BCUT2D eigenvalue weighted by molar-refractivity contribution is 0.415. The number of H-pyrrole nitrogens is 2. The first-order valence-corrected chi connectivity index (χ1v) is 26.6. The topological polar surface area (TPSA) is 203 Å². The molecule has 12 aromatic rings. The first kappa shape index (κ1) is 49.8. The van der Waals surface area contributed by atoms with Crippen LogP contribution in [0.25, 0.3) is 89.7 Å². The van der Waals surface area contributed by atoms with Crippen molar-refractivity contribution in [2.24, 2.45) is 0 Å². The highest BCUT2D eigenvalue weighted by atomic mass is 16.5. The van der Waals surface area contributed by atoms with Gasteiger partial charge in [0.1, 0.15) is 57.0 Å². The Hall–Kier alpha value is -11.5. The smallest absolute Gasteiger partial charge is 0.164 e. The Bertz CT molecular complexity index is 4640. The van der Waals surface area contributed by atoms with Crippen LogP contribution in [0.2, 0.25) is 0 Å². The second-order valence-electron chi connectivity index (χ2n) is 19.5. The van der Waals surface area contributed by atoms with Crippen LogP contribution in [-0.4, -0.2) is 68.3 Å². The van der Waals surface area contributed by atoms with Crippen molar-refractivity contribution in [3.05, 3.63) is 194 Å². The van der Waals surface area contributed by atoms with Crippen molar-refractivity contribution >= 4 is 89.6 Å². The molecule has 0 amide bonds. The van der Waals surface area contributed by atoms with Gasteiger partial charge in [-0.15, -0.1) is 0 Å². The van der Waals surface area contributed by atoms with Crippen molar-refractivity contribution in [1.29, 1.82) is 0 Å². The molecule has 5 heterocycles. The third-order valence-electron chi connectivity index (χ3n) is 14.5. The molecule has 0 atom stereocenters. The van der Waals surface area contributed by atoms with Crippen LogP contribution in [0.5, 0.6) is 34.5 Å². The quantitative estimate of drug-likeness (QED) is 0.0600. The minimum Gasteiger partial charge on any atom is -0.497 e. The van der Waals surface area contributed by atoms with Crippen LogP contribution in [-0.2, 0) is 0 Å². The molecule has 0 radical (unpaired) electrons. The van der Waals surface area contributed by atoms with E-state index in [1.165, 1.54) is 0 Å². The van der Waals surface area contributed by atoms with Crippen molar-refractivity contribution in [2.75, 3.05) is 49.7 Å². The number of ether oxygens (including phenoxy) is 5. The predicted octanol–water partition coefficient (Wildman–Crippen LogP) is 15.7. The number of methoxy groups -OCH3 is 4. The van der Waals surface area contributed by atoms with E-state index in [2.05, 4.69) is 31.2 Å². The Balaban J connectivity index is 1.04. The molecule has 404 valence electrons. The van der Waals surface area contributed by atoms with Crippen molar-refractivity contribution in [1.82, 2.24) is 39.9 Å². The zero-order valence-electron chi connectivity index (χ0n) is 45.2. The third kappa shape index (κ3) is 9.42. The van der Waals surface area contributed by atoms with E-state index in [0.29, 0.717) is 114 Å². The van der Waals surface area contributed by atoms with Gasteiger partial charge >= 0.3 is 0 Å². The number of nitrogens with zero attached hydrogens (tertiary/aromatic N) is 6. The lowest BCUT2D eigenvalue weighted by atomic mass is 10.1. The summed E-state index contributed by atoms with van der Waals surface area (Å²) in [5.74, 6) is 5.63. The van der Waals surface area contributed by atoms with E-state index in [0.717, 1.165) is 55.8 Å². The molecular formula is C66H50N12O5. The number of rotatable bonds is 14. The fraction of sp³-hybridized carbons (Fsp3) is 0.0606. The summed E-state index contributed by atoms with van der Waals surface area (Å²) in [5, 5.41) is 18.1. The van der Waals surface area contributed by atoms with Crippen molar-refractivity contribution in [2.45, 2.75) is 0 Å². The molecule has 0 unspecified atom stereocenters. The lowest BCUT2D eigenvalue weighted by Crippen LogP contribution is -2.07. The third-order valence-corrected chi connectivity index (χ3v) is 14.5. The number of fused-ring (bicyclic) bond motifs is 20. The van der Waals surface area contributed by atoms with E-state index in [1.807, 2.05) is 194 Å². The fourth-order valence-electron chi connectivity index (χ4n) is 10.4. The largest absolute Gasteiger partial charge is 0.497 e. The second-order valence-corrected chi connectivity index (χ2v) is 19.5. The van der Waals surface area contributed by atoms with Gasteiger partial charge in [-0.1, -0.05) is 84.9 Å². The molecule has 0 saturated carbocycles. The van der Waals surface area contributed by atoms with Gasteiger partial charge in [-0.05, 0) is 103 Å². The molecule has 0 saturated heterocycles. The van der Waals surface area contributed by atoms with Gasteiger partial charge in [-0.2, -0.15) is 0 Å². The Morgan fingerprint density at radius 2 is 0.675 bits per heavy atom. The Morgan fingerprint density at radius 3 is 1.12 bits per heavy atom. The maximum Gasteiger partial charge on any atom is 0.164 e. The number of aromatic nitrogens is 8. The lowest BCUT2D eigenvalue weighted by Gasteiger charge is -2.26. The predicted molar refractivity (Wildman–Crippen MR) is 328 cm³/mol. The van der Waals surface area contributed by atoms with Gasteiger partial charge in [0, 0.05) is 67.2 Å². The van der Waals surface area contributed by atoms with Crippen molar-refractivity contribution in [3.63, 3.8) is 0 Å². The minimum atomic E-state index is 0.426. The first-order chi connectivity index (χ1) is 40.9. The summed E-state index contributed by atoms with van der Waals surface area (Å²) in [7, 11) is 6.58. The number of benzene rings is 9. The summed E-state index contributed by atoms with van der Waals surface area (Å²) in [4.78, 5) is 38.5. The highest BCUT2D eigenvalue weighted by Crippen LogP contribution is 2.51. The first-order valence-electron chi connectivity index (χ1n) is 26.6. The van der Waals surface area contributed by atoms with Gasteiger partial charge in [0.15, 0.2) is 29.0 Å². The molecule has 3 aromatic heterocycles. The molecule has 9 aromatic carbocycles. The van der Waals surface area contributed by atoms with Crippen LogP contribution in [0, 0.1) is 0 Å². The number of hydrogen-bond donors (Lipinski definition) is 6. The molecule has 17 heteroatoms. The van der Waals surface area contributed by atoms with E-state index < -0.39 is 0 Å².